The fourth-order valence-corrected chi connectivity index (χ4v) is 5.41. The Bertz CT molecular complexity index is 781. The molecule has 0 radical (unpaired) electrons. The number of hydrogen-bond acceptors (Lipinski definition) is 4. The zero-order valence-electron chi connectivity index (χ0n) is 12.4. The van der Waals surface area contributed by atoms with Crippen molar-refractivity contribution in [2.45, 2.75) is 38.5 Å². The smallest absolute Gasteiger partial charge is 0.319 e. The summed E-state index contributed by atoms with van der Waals surface area (Å²) >= 11 is 5.77. The molecule has 9 heteroatoms. The number of nitrogens with zero attached hydrogens (tertiary/aromatic N) is 2. The van der Waals surface area contributed by atoms with Gasteiger partial charge in [0.1, 0.15) is 5.01 Å². The molecule has 0 N–H and O–H groups in total. The molecule has 3 heterocycles. The maximum atomic E-state index is 12.7. The molecule has 3 rings (SSSR count). The average Bonchev–Trinajstić information content (AvgIpc) is 3.06. The molecule has 0 aliphatic carbocycles. The lowest BCUT2D eigenvalue weighted by atomic mass is 10.0. The molecule has 0 unspecified atom stereocenters. The number of hydrogen-bond donors (Lipinski definition) is 0. The van der Waals surface area contributed by atoms with Crippen molar-refractivity contribution in [2.75, 3.05) is 0 Å². The van der Waals surface area contributed by atoms with Crippen molar-refractivity contribution in [2.24, 2.45) is 0 Å². The molecule has 3 nitrogen and oxygen atoms in total. The van der Waals surface area contributed by atoms with Gasteiger partial charge in [-0.2, -0.15) is 13.2 Å². The summed E-state index contributed by atoms with van der Waals surface area (Å²) in [6, 6.07) is 1.23. The molecule has 2 aromatic heterocycles. The van der Waals surface area contributed by atoms with Crippen LogP contribution in [0.1, 0.15) is 52.7 Å². The Morgan fingerprint density at radius 1 is 1.39 bits per heavy atom. The van der Waals surface area contributed by atoms with Gasteiger partial charge in [0, 0.05) is 10.3 Å². The Hall–Kier alpha value is -0.930. The van der Waals surface area contributed by atoms with E-state index >= 15 is 0 Å². The molecule has 1 atom stereocenters. The first-order valence-electron chi connectivity index (χ1n) is 6.69. The molecule has 0 fully saturated rings. The second kappa shape index (κ2) is 5.29. The predicted octanol–water partition coefficient (Wildman–Crippen LogP) is 5.44. The first-order chi connectivity index (χ1) is 10.5. The fourth-order valence-electron chi connectivity index (χ4n) is 2.85. The number of carbonyl (C=O) groups is 1. The Morgan fingerprint density at radius 3 is 2.57 bits per heavy atom. The van der Waals surface area contributed by atoms with Gasteiger partial charge in [-0.15, -0.1) is 22.7 Å². The molecule has 2 aromatic rings. The largest absolute Gasteiger partial charge is 0.434 e. The number of alkyl halides is 3. The zero-order chi connectivity index (χ0) is 17.2. The van der Waals surface area contributed by atoms with Crippen LogP contribution in [0.5, 0.6) is 0 Å². The van der Waals surface area contributed by atoms with Gasteiger partial charge in [0.15, 0.2) is 5.69 Å². The van der Waals surface area contributed by atoms with Gasteiger partial charge >= 0.3 is 6.18 Å². The number of fused-ring (bicyclic) bond motifs is 1. The van der Waals surface area contributed by atoms with Crippen LogP contribution in [0.4, 0.5) is 13.2 Å². The second-order valence-corrected chi connectivity index (χ2v) is 9.09. The molecule has 23 heavy (non-hydrogen) atoms. The van der Waals surface area contributed by atoms with E-state index in [1.54, 1.807) is 17.9 Å². The number of amides is 1. The van der Waals surface area contributed by atoms with E-state index in [0.29, 0.717) is 5.56 Å². The fraction of sp³-hybridized carbons (Fsp3) is 0.429. The minimum atomic E-state index is -4.47. The van der Waals surface area contributed by atoms with Gasteiger partial charge in [-0.25, -0.2) is 4.98 Å². The third kappa shape index (κ3) is 2.62. The number of halogens is 4. The van der Waals surface area contributed by atoms with Crippen LogP contribution in [-0.2, 0) is 11.7 Å². The number of rotatable bonds is 2. The van der Waals surface area contributed by atoms with Crippen molar-refractivity contribution >= 4 is 44.5 Å². The molecular weight excluding hydrogens is 413 g/mol. The minimum absolute atomic E-state index is 0.178. The van der Waals surface area contributed by atoms with E-state index in [-0.39, 0.29) is 10.9 Å². The van der Waals surface area contributed by atoms with Crippen LogP contribution >= 0.6 is 38.6 Å². The van der Waals surface area contributed by atoms with Crippen molar-refractivity contribution in [1.29, 1.82) is 0 Å². The van der Waals surface area contributed by atoms with Crippen LogP contribution in [0.25, 0.3) is 0 Å². The maximum absolute atomic E-state index is 12.7. The van der Waals surface area contributed by atoms with Crippen molar-refractivity contribution in [3.05, 3.63) is 36.4 Å². The predicted molar refractivity (Wildman–Crippen MR) is 86.7 cm³/mol. The first kappa shape index (κ1) is 16.9. The molecular formula is C14H12BrF3N2OS2. The summed E-state index contributed by atoms with van der Waals surface area (Å²) in [5.74, 6) is -0.178. The Morgan fingerprint density at radius 2 is 2.04 bits per heavy atom. The lowest BCUT2D eigenvalue weighted by Crippen LogP contribution is -2.40. The Kier molecular flexibility index (Phi) is 3.89. The van der Waals surface area contributed by atoms with Crippen LogP contribution in [0.2, 0.25) is 0 Å². The normalized spacial score (nSPS) is 18.4. The summed E-state index contributed by atoms with van der Waals surface area (Å²) < 4.78 is 39.1. The second-order valence-electron chi connectivity index (χ2n) is 5.77. The third-order valence-corrected chi connectivity index (χ3v) is 6.83. The van der Waals surface area contributed by atoms with E-state index in [0.717, 1.165) is 25.4 Å². The summed E-state index contributed by atoms with van der Waals surface area (Å²) in [6.07, 6.45) is -4.47. The van der Waals surface area contributed by atoms with Crippen LogP contribution in [0, 0.1) is 0 Å². The molecule has 0 bridgehead atoms. The summed E-state index contributed by atoms with van der Waals surface area (Å²) in [6.45, 7) is 5.51. The number of aromatic nitrogens is 1. The molecule has 0 spiro atoms. The summed E-state index contributed by atoms with van der Waals surface area (Å²) in [4.78, 5) is 18.9. The molecule has 0 aromatic carbocycles. The monoisotopic (exact) mass is 424 g/mol. The maximum Gasteiger partial charge on any atom is 0.434 e. The summed E-state index contributed by atoms with van der Waals surface area (Å²) in [5.41, 5.74) is -0.898. The number of carbonyl (C=O) groups excluding carboxylic acids is 1. The molecule has 1 aliphatic heterocycles. The van der Waals surface area contributed by atoms with Crippen LogP contribution < -0.4 is 0 Å². The Balaban J connectivity index is 1.97. The van der Waals surface area contributed by atoms with Crippen molar-refractivity contribution in [3.63, 3.8) is 0 Å². The van der Waals surface area contributed by atoms with E-state index in [1.165, 1.54) is 11.3 Å². The van der Waals surface area contributed by atoms with E-state index in [9.17, 15) is 18.0 Å². The van der Waals surface area contributed by atoms with Crippen LogP contribution in [-0.4, -0.2) is 15.8 Å². The highest BCUT2D eigenvalue weighted by Crippen LogP contribution is 2.49. The molecule has 1 aliphatic rings. The van der Waals surface area contributed by atoms with E-state index in [4.69, 9.17) is 0 Å². The highest BCUT2D eigenvalue weighted by atomic mass is 79.9. The van der Waals surface area contributed by atoms with Crippen LogP contribution in [0.15, 0.2) is 15.2 Å². The van der Waals surface area contributed by atoms with Crippen molar-refractivity contribution in [1.82, 2.24) is 9.88 Å². The van der Waals surface area contributed by atoms with Crippen molar-refractivity contribution < 1.29 is 18.0 Å². The summed E-state index contributed by atoms with van der Waals surface area (Å²) in [7, 11) is 0. The van der Waals surface area contributed by atoms with Crippen molar-refractivity contribution in [3.8, 4) is 0 Å². The topological polar surface area (TPSA) is 33.2 Å². The quantitative estimate of drug-likeness (QED) is 0.642. The first-order valence-corrected chi connectivity index (χ1v) is 9.18. The highest BCUT2D eigenvalue weighted by Gasteiger charge is 2.48. The molecule has 0 saturated carbocycles. The summed E-state index contributed by atoms with van der Waals surface area (Å²) in [5, 5.41) is 1.28. The van der Waals surface area contributed by atoms with E-state index < -0.39 is 23.5 Å². The van der Waals surface area contributed by atoms with Gasteiger partial charge in [0.05, 0.1) is 20.9 Å². The Labute approximate surface area is 147 Å². The third-order valence-electron chi connectivity index (χ3n) is 3.87. The minimum Gasteiger partial charge on any atom is -0.319 e. The number of thiazole rings is 1. The average molecular weight is 425 g/mol. The van der Waals surface area contributed by atoms with Crippen LogP contribution in [0.3, 0.4) is 0 Å². The zero-order valence-corrected chi connectivity index (χ0v) is 15.6. The lowest BCUT2D eigenvalue weighted by Gasteiger charge is -2.36. The lowest BCUT2D eigenvalue weighted by molar-refractivity contribution is -0.140. The van der Waals surface area contributed by atoms with E-state index in [1.807, 2.05) is 13.8 Å². The van der Waals surface area contributed by atoms with Gasteiger partial charge in [-0.3, -0.25) is 4.79 Å². The van der Waals surface area contributed by atoms with E-state index in [2.05, 4.69) is 20.9 Å². The molecule has 1 amide bonds. The molecule has 0 saturated heterocycles. The SMILES string of the molecule is C[C@H](c1nc(C(F)(F)F)cs1)N1C(=O)c2cc(Br)sc2C1(C)C. The standard InChI is InChI=1S/C14H12BrF3N2OS2/c1-6(11-19-8(5-22-11)14(16,17)18)20-12(21)7-4-9(15)23-10(7)13(20,2)3/h4-6H,1-3H3/t6-/m1/s1. The van der Waals surface area contributed by atoms with Gasteiger partial charge in [-0.05, 0) is 42.8 Å². The van der Waals surface area contributed by atoms with Gasteiger partial charge in [0.2, 0.25) is 0 Å². The van der Waals surface area contributed by atoms with Gasteiger partial charge < -0.3 is 4.90 Å². The van der Waals surface area contributed by atoms with Gasteiger partial charge in [0.25, 0.3) is 5.91 Å². The van der Waals surface area contributed by atoms with Gasteiger partial charge in [-0.1, -0.05) is 0 Å². The number of thiophene rings is 1. The highest BCUT2D eigenvalue weighted by molar-refractivity contribution is 9.11. The molecule has 124 valence electrons.